The minimum atomic E-state index is -0.721. The van der Waals surface area contributed by atoms with Crippen LogP contribution in [0.1, 0.15) is 38.3 Å². The van der Waals surface area contributed by atoms with Gasteiger partial charge in [-0.05, 0) is 18.8 Å². The molecule has 8 heteroatoms. The van der Waals surface area contributed by atoms with E-state index in [0.717, 1.165) is 5.69 Å². The van der Waals surface area contributed by atoms with Crippen molar-refractivity contribution < 1.29 is 14.3 Å². The first-order chi connectivity index (χ1) is 10.4. The normalized spacial score (nSPS) is 17.2. The lowest BCUT2D eigenvalue weighted by Crippen LogP contribution is -2.50. The van der Waals surface area contributed by atoms with Crippen molar-refractivity contribution in [1.29, 1.82) is 0 Å². The number of carbonyl (C=O) groups excluding carboxylic acids is 2. The van der Waals surface area contributed by atoms with Gasteiger partial charge in [-0.1, -0.05) is 13.8 Å². The maximum Gasteiger partial charge on any atom is 0.321 e. The molecule has 3 amide bonds. The minimum absolute atomic E-state index is 0.208. The number of nitrogens with zero attached hydrogens (tertiary/aromatic N) is 1. The standard InChI is InChI=1S/C14H22N4O3S/c1-9(2)10-7-22-13(17-10)18-12(20)16-8-14(11(15)19)3-5-21-6-4-14/h7,9H,3-6,8H2,1-2H3,(H2,15,19)(H2,16,17,18,20). The van der Waals surface area contributed by atoms with E-state index in [-0.39, 0.29) is 12.6 Å². The van der Waals surface area contributed by atoms with Crippen LogP contribution in [0.3, 0.4) is 0 Å². The predicted octanol–water partition coefficient (Wildman–Crippen LogP) is 1.67. The summed E-state index contributed by atoms with van der Waals surface area (Å²) in [5.74, 6) is -0.0809. The second-order valence-corrected chi connectivity index (χ2v) is 6.65. The predicted molar refractivity (Wildman–Crippen MR) is 84.9 cm³/mol. The molecule has 1 aromatic heterocycles. The Morgan fingerprint density at radius 1 is 1.45 bits per heavy atom. The third kappa shape index (κ3) is 3.95. The number of hydrogen-bond donors (Lipinski definition) is 3. The Kier molecular flexibility index (Phi) is 5.36. The summed E-state index contributed by atoms with van der Waals surface area (Å²) in [5, 5.41) is 7.87. The molecule has 0 bridgehead atoms. The van der Waals surface area contributed by atoms with Crippen LogP contribution < -0.4 is 16.4 Å². The summed E-state index contributed by atoms with van der Waals surface area (Å²) < 4.78 is 5.26. The molecule has 7 nitrogen and oxygen atoms in total. The van der Waals surface area contributed by atoms with Crippen molar-refractivity contribution in [3.63, 3.8) is 0 Å². The Balaban J connectivity index is 1.89. The van der Waals surface area contributed by atoms with Crippen LogP contribution in [0.25, 0.3) is 0 Å². The van der Waals surface area contributed by atoms with Crippen LogP contribution in [0.4, 0.5) is 9.93 Å². The second kappa shape index (κ2) is 7.06. The number of aromatic nitrogens is 1. The summed E-state index contributed by atoms with van der Waals surface area (Å²) in [6.45, 7) is 5.26. The number of thiazole rings is 1. The molecule has 2 heterocycles. The van der Waals surface area contributed by atoms with E-state index in [1.165, 1.54) is 11.3 Å². The monoisotopic (exact) mass is 326 g/mol. The molecule has 0 atom stereocenters. The Bertz CT molecular complexity index is 538. The molecule has 0 aromatic carbocycles. The molecule has 1 aliphatic rings. The minimum Gasteiger partial charge on any atom is -0.381 e. The third-order valence-electron chi connectivity index (χ3n) is 3.89. The highest BCUT2D eigenvalue weighted by molar-refractivity contribution is 7.13. The average Bonchev–Trinajstić information content (AvgIpc) is 2.95. The van der Waals surface area contributed by atoms with E-state index < -0.39 is 11.3 Å². The van der Waals surface area contributed by atoms with E-state index in [9.17, 15) is 9.59 Å². The largest absolute Gasteiger partial charge is 0.381 e. The molecule has 1 saturated heterocycles. The fourth-order valence-electron chi connectivity index (χ4n) is 2.27. The van der Waals surface area contributed by atoms with Gasteiger partial charge in [0.1, 0.15) is 0 Å². The number of urea groups is 1. The van der Waals surface area contributed by atoms with Crippen molar-refractivity contribution in [3.05, 3.63) is 11.1 Å². The molecule has 4 N–H and O–H groups in total. The van der Waals surface area contributed by atoms with Gasteiger partial charge in [-0.15, -0.1) is 11.3 Å². The van der Waals surface area contributed by atoms with Gasteiger partial charge in [0.05, 0.1) is 11.1 Å². The van der Waals surface area contributed by atoms with Crippen LogP contribution in [0.2, 0.25) is 0 Å². The molecule has 22 heavy (non-hydrogen) atoms. The number of carbonyl (C=O) groups is 2. The lowest BCUT2D eigenvalue weighted by atomic mass is 9.79. The van der Waals surface area contributed by atoms with Crippen LogP contribution in [0.15, 0.2) is 5.38 Å². The molecule has 0 radical (unpaired) electrons. The summed E-state index contributed by atoms with van der Waals surface area (Å²) in [6, 6.07) is -0.378. The molecule has 0 unspecified atom stereocenters. The number of nitrogens with two attached hydrogens (primary N) is 1. The van der Waals surface area contributed by atoms with Crippen molar-refractivity contribution in [2.45, 2.75) is 32.6 Å². The van der Waals surface area contributed by atoms with Gasteiger partial charge >= 0.3 is 6.03 Å². The Morgan fingerprint density at radius 3 is 2.68 bits per heavy atom. The molecule has 2 rings (SSSR count). The maximum atomic E-state index is 12.0. The molecule has 0 spiro atoms. The van der Waals surface area contributed by atoms with Crippen LogP contribution in [-0.4, -0.2) is 36.7 Å². The molecule has 0 aliphatic carbocycles. The van der Waals surface area contributed by atoms with Gasteiger partial charge < -0.3 is 15.8 Å². The lowest BCUT2D eigenvalue weighted by Gasteiger charge is -2.34. The van der Waals surface area contributed by atoms with E-state index in [1.54, 1.807) is 0 Å². The van der Waals surface area contributed by atoms with E-state index in [0.29, 0.717) is 37.1 Å². The van der Waals surface area contributed by atoms with Gasteiger partial charge in [0.2, 0.25) is 5.91 Å². The molecule has 1 aromatic rings. The third-order valence-corrected chi connectivity index (χ3v) is 4.67. The molecule has 0 saturated carbocycles. The summed E-state index contributed by atoms with van der Waals surface area (Å²) in [4.78, 5) is 28.0. The first-order valence-electron chi connectivity index (χ1n) is 7.31. The van der Waals surface area contributed by atoms with Gasteiger partial charge in [0, 0.05) is 25.1 Å². The van der Waals surface area contributed by atoms with Gasteiger partial charge in [-0.2, -0.15) is 0 Å². The van der Waals surface area contributed by atoms with E-state index >= 15 is 0 Å². The van der Waals surface area contributed by atoms with Gasteiger partial charge in [-0.25, -0.2) is 9.78 Å². The summed E-state index contributed by atoms with van der Waals surface area (Å²) >= 11 is 1.38. The van der Waals surface area contributed by atoms with Crippen molar-refractivity contribution in [2.24, 2.45) is 11.1 Å². The van der Waals surface area contributed by atoms with E-state index in [2.05, 4.69) is 15.6 Å². The maximum absolute atomic E-state index is 12.0. The number of anilines is 1. The van der Waals surface area contributed by atoms with Crippen LogP contribution in [0.5, 0.6) is 0 Å². The summed E-state index contributed by atoms with van der Waals surface area (Å²) in [6.07, 6.45) is 1.05. The first-order valence-corrected chi connectivity index (χ1v) is 8.19. The SMILES string of the molecule is CC(C)c1csc(NC(=O)NCC2(C(N)=O)CCOCC2)n1. The Hall–Kier alpha value is -1.67. The van der Waals surface area contributed by atoms with Gasteiger partial charge in [0.25, 0.3) is 0 Å². The number of rotatable bonds is 5. The number of nitrogens with one attached hydrogen (secondary N) is 2. The number of primary amides is 1. The number of ether oxygens (including phenoxy) is 1. The first kappa shape index (κ1) is 16.7. The summed E-state index contributed by atoms with van der Waals surface area (Å²) in [7, 11) is 0. The fraction of sp³-hybridized carbons (Fsp3) is 0.643. The molecular formula is C14H22N4O3S. The highest BCUT2D eigenvalue weighted by Crippen LogP contribution is 2.29. The van der Waals surface area contributed by atoms with Gasteiger partial charge in [0.15, 0.2) is 5.13 Å². The highest BCUT2D eigenvalue weighted by Gasteiger charge is 2.38. The zero-order valence-electron chi connectivity index (χ0n) is 12.8. The molecular weight excluding hydrogens is 304 g/mol. The fourth-order valence-corrected chi connectivity index (χ4v) is 3.14. The Labute approximate surface area is 133 Å². The topological polar surface area (TPSA) is 106 Å². The lowest BCUT2D eigenvalue weighted by molar-refractivity contribution is -0.132. The number of amides is 3. The Morgan fingerprint density at radius 2 is 2.14 bits per heavy atom. The van der Waals surface area contributed by atoms with Gasteiger partial charge in [-0.3, -0.25) is 10.1 Å². The molecule has 1 aliphatic heterocycles. The van der Waals surface area contributed by atoms with E-state index in [4.69, 9.17) is 10.5 Å². The zero-order valence-corrected chi connectivity index (χ0v) is 13.7. The smallest absolute Gasteiger partial charge is 0.321 e. The highest BCUT2D eigenvalue weighted by atomic mass is 32.1. The quantitative estimate of drug-likeness (QED) is 0.765. The number of hydrogen-bond acceptors (Lipinski definition) is 5. The second-order valence-electron chi connectivity index (χ2n) is 5.80. The van der Waals surface area contributed by atoms with E-state index in [1.807, 2.05) is 19.2 Å². The van der Waals surface area contributed by atoms with Crippen molar-refractivity contribution >= 4 is 28.4 Å². The van der Waals surface area contributed by atoms with Crippen LogP contribution >= 0.6 is 11.3 Å². The van der Waals surface area contributed by atoms with Crippen LogP contribution in [0, 0.1) is 5.41 Å². The average molecular weight is 326 g/mol. The van der Waals surface area contributed by atoms with Crippen molar-refractivity contribution in [2.75, 3.05) is 25.1 Å². The van der Waals surface area contributed by atoms with Crippen molar-refractivity contribution in [3.8, 4) is 0 Å². The van der Waals surface area contributed by atoms with Crippen molar-refractivity contribution in [1.82, 2.24) is 10.3 Å². The zero-order chi connectivity index (χ0) is 16.2. The molecule has 122 valence electrons. The summed E-state index contributed by atoms with van der Waals surface area (Å²) in [5.41, 5.74) is 5.72. The van der Waals surface area contributed by atoms with Crippen LogP contribution in [-0.2, 0) is 9.53 Å². The molecule has 1 fully saturated rings.